The Hall–Kier alpha value is -3.72. The molecule has 0 radical (unpaired) electrons. The van der Waals surface area contributed by atoms with Crippen LogP contribution in [0.4, 0.5) is 17.3 Å². The van der Waals surface area contributed by atoms with Gasteiger partial charge in [-0.05, 0) is 48.9 Å². The Bertz CT molecular complexity index is 1310. The van der Waals surface area contributed by atoms with Gasteiger partial charge in [-0.25, -0.2) is 9.98 Å². The quantitative estimate of drug-likeness (QED) is 0.584. The molecule has 3 heterocycles. The van der Waals surface area contributed by atoms with Crippen molar-refractivity contribution >= 4 is 23.1 Å². The van der Waals surface area contributed by atoms with Gasteiger partial charge in [-0.3, -0.25) is 4.57 Å². The Kier molecular flexibility index (Phi) is 6.25. The van der Waals surface area contributed by atoms with Crippen molar-refractivity contribution in [3.05, 3.63) is 64.9 Å². The zero-order valence-electron chi connectivity index (χ0n) is 21.0. The molecule has 0 spiro atoms. The Balaban J connectivity index is 1.60. The third kappa shape index (κ3) is 4.39. The molecule has 1 unspecified atom stereocenters. The van der Waals surface area contributed by atoms with Crippen LogP contribution in [-0.4, -0.2) is 73.1 Å². The molecule has 2 aliphatic rings. The van der Waals surface area contributed by atoms with Gasteiger partial charge >= 0.3 is 0 Å². The first-order valence-electron chi connectivity index (χ1n) is 11.9. The van der Waals surface area contributed by atoms with E-state index >= 15 is 0 Å². The van der Waals surface area contributed by atoms with E-state index in [1.807, 2.05) is 29.8 Å². The van der Waals surface area contributed by atoms with Crippen LogP contribution in [-0.2, 0) is 11.8 Å². The molecule has 5 rings (SSSR count). The highest BCUT2D eigenvalue weighted by Gasteiger charge is 2.31. The number of hydrogen-bond donors (Lipinski definition) is 1. The second-order valence-electron chi connectivity index (χ2n) is 8.98. The van der Waals surface area contributed by atoms with E-state index in [0.717, 1.165) is 52.8 Å². The number of rotatable bonds is 6. The number of hydrogen-bond acceptors (Lipinski definition) is 8. The SMILES string of the molecule is COc1ccc(N(C)C2N=c3c(nc(Nc4cccc(C)c4)n3C)=C(N3CCOCC3)N2C)cc1. The number of imidazole rings is 1. The van der Waals surface area contributed by atoms with Gasteiger partial charge in [-0.15, -0.1) is 0 Å². The van der Waals surface area contributed by atoms with Crippen LogP contribution in [0.5, 0.6) is 5.75 Å². The summed E-state index contributed by atoms with van der Waals surface area (Å²) in [4.78, 5) is 16.9. The van der Waals surface area contributed by atoms with E-state index in [1.54, 1.807) is 7.11 Å². The molecular formula is C26H33N7O2. The summed E-state index contributed by atoms with van der Waals surface area (Å²) in [5.74, 6) is 2.66. The number of morpholine rings is 1. The minimum atomic E-state index is -0.240. The van der Waals surface area contributed by atoms with Crippen LogP contribution >= 0.6 is 0 Å². The number of fused-ring (bicyclic) bond motifs is 1. The molecule has 2 aliphatic heterocycles. The molecule has 3 aromatic rings. The molecule has 1 fully saturated rings. The lowest BCUT2D eigenvalue weighted by atomic mass is 10.2. The fourth-order valence-electron chi connectivity index (χ4n) is 4.67. The summed E-state index contributed by atoms with van der Waals surface area (Å²) in [6, 6.07) is 16.4. The van der Waals surface area contributed by atoms with Crippen molar-refractivity contribution in [2.75, 3.05) is 57.7 Å². The molecule has 1 aromatic heterocycles. The predicted octanol–water partition coefficient (Wildman–Crippen LogP) is 1.86. The summed E-state index contributed by atoms with van der Waals surface area (Å²) in [5.41, 5.74) is 4.10. The monoisotopic (exact) mass is 475 g/mol. The van der Waals surface area contributed by atoms with Crippen molar-refractivity contribution in [3.63, 3.8) is 0 Å². The Morgan fingerprint density at radius 1 is 1.09 bits per heavy atom. The lowest BCUT2D eigenvalue weighted by Gasteiger charge is -2.42. The molecular weight excluding hydrogens is 442 g/mol. The zero-order valence-corrected chi connectivity index (χ0v) is 21.0. The predicted molar refractivity (Wildman–Crippen MR) is 137 cm³/mol. The van der Waals surface area contributed by atoms with E-state index < -0.39 is 0 Å². The number of nitrogens with zero attached hydrogens (tertiary/aromatic N) is 6. The van der Waals surface area contributed by atoms with Gasteiger partial charge in [0.1, 0.15) is 11.6 Å². The molecule has 184 valence electrons. The highest BCUT2D eigenvalue weighted by molar-refractivity contribution is 5.56. The molecule has 9 heteroatoms. The third-order valence-electron chi connectivity index (χ3n) is 6.61. The Labute approximate surface area is 205 Å². The van der Waals surface area contributed by atoms with Gasteiger partial charge in [0, 0.05) is 45.6 Å². The van der Waals surface area contributed by atoms with Gasteiger partial charge in [0.2, 0.25) is 12.2 Å². The zero-order chi connectivity index (χ0) is 24.5. The Morgan fingerprint density at radius 3 is 2.51 bits per heavy atom. The standard InChI is InChI=1S/C26H33N7O2/c1-18-7-6-8-19(17-18)27-25-28-22-23(31(25)3)29-26(30(2)20-9-11-21(34-5)12-10-20)32(4)24(22)33-13-15-35-16-14-33/h6-12,17,26H,13-16H2,1-5H3,(H,27,28). The van der Waals surface area contributed by atoms with Crippen LogP contribution < -0.4 is 25.8 Å². The van der Waals surface area contributed by atoms with E-state index in [9.17, 15) is 0 Å². The third-order valence-corrected chi connectivity index (χ3v) is 6.61. The minimum Gasteiger partial charge on any atom is -0.497 e. The first-order chi connectivity index (χ1) is 17.0. The molecule has 35 heavy (non-hydrogen) atoms. The summed E-state index contributed by atoms with van der Waals surface area (Å²) in [5, 5.41) is 4.37. The second-order valence-corrected chi connectivity index (χ2v) is 8.98. The van der Waals surface area contributed by atoms with E-state index in [1.165, 1.54) is 5.56 Å². The van der Waals surface area contributed by atoms with Crippen molar-refractivity contribution in [2.45, 2.75) is 13.2 Å². The van der Waals surface area contributed by atoms with Crippen molar-refractivity contribution < 1.29 is 9.47 Å². The summed E-state index contributed by atoms with van der Waals surface area (Å²) in [7, 11) is 7.85. The van der Waals surface area contributed by atoms with Crippen molar-refractivity contribution in [1.29, 1.82) is 0 Å². The van der Waals surface area contributed by atoms with Crippen molar-refractivity contribution in [2.24, 2.45) is 12.0 Å². The van der Waals surface area contributed by atoms with Crippen molar-refractivity contribution in [3.8, 4) is 5.75 Å². The van der Waals surface area contributed by atoms with Gasteiger partial charge < -0.3 is 29.5 Å². The fourth-order valence-corrected chi connectivity index (χ4v) is 4.67. The number of anilines is 3. The van der Waals surface area contributed by atoms with Gasteiger partial charge in [0.15, 0.2) is 10.8 Å². The highest BCUT2D eigenvalue weighted by Crippen LogP contribution is 2.25. The number of aromatic nitrogens is 2. The number of ether oxygens (including phenoxy) is 2. The number of methoxy groups -OCH3 is 1. The van der Waals surface area contributed by atoms with Crippen molar-refractivity contribution in [1.82, 2.24) is 19.4 Å². The molecule has 0 saturated carbocycles. The summed E-state index contributed by atoms with van der Waals surface area (Å²) in [6.45, 7) is 5.11. The second kappa shape index (κ2) is 9.50. The van der Waals surface area contributed by atoms with Gasteiger partial charge in [-0.2, -0.15) is 0 Å². The molecule has 2 aromatic carbocycles. The molecule has 1 N–H and O–H groups in total. The lowest BCUT2D eigenvalue weighted by molar-refractivity contribution is 0.0527. The Morgan fingerprint density at radius 2 is 1.83 bits per heavy atom. The van der Waals surface area contributed by atoms with E-state index in [2.05, 4.69) is 71.4 Å². The molecule has 0 aliphatic carbocycles. The maximum absolute atomic E-state index is 5.64. The number of nitrogens with one attached hydrogen (secondary N) is 1. The van der Waals surface area contributed by atoms with Crippen LogP contribution in [0.3, 0.4) is 0 Å². The molecule has 0 bridgehead atoms. The maximum atomic E-state index is 5.64. The normalized spacial score (nSPS) is 17.6. The summed E-state index contributed by atoms with van der Waals surface area (Å²) < 4.78 is 13.0. The smallest absolute Gasteiger partial charge is 0.209 e. The minimum absolute atomic E-state index is 0.240. The van der Waals surface area contributed by atoms with Gasteiger partial charge in [-0.1, -0.05) is 12.1 Å². The largest absolute Gasteiger partial charge is 0.497 e. The van der Waals surface area contributed by atoms with E-state index in [0.29, 0.717) is 13.2 Å². The van der Waals surface area contributed by atoms with Crippen LogP contribution in [0.2, 0.25) is 0 Å². The maximum Gasteiger partial charge on any atom is 0.209 e. The average molecular weight is 476 g/mol. The average Bonchev–Trinajstić information content (AvgIpc) is 3.18. The highest BCUT2D eigenvalue weighted by atomic mass is 16.5. The van der Waals surface area contributed by atoms with Crippen LogP contribution in [0, 0.1) is 6.92 Å². The van der Waals surface area contributed by atoms with E-state index in [-0.39, 0.29) is 6.29 Å². The molecule has 1 atom stereocenters. The van der Waals surface area contributed by atoms with Crippen LogP contribution in [0.25, 0.3) is 5.82 Å². The fraction of sp³-hybridized carbons (Fsp3) is 0.385. The molecule has 1 saturated heterocycles. The number of aryl methyl sites for hydroxylation is 1. The summed E-state index contributed by atoms with van der Waals surface area (Å²) >= 11 is 0. The number of benzene rings is 2. The van der Waals surface area contributed by atoms with Crippen LogP contribution in [0.1, 0.15) is 5.56 Å². The lowest BCUT2D eigenvalue weighted by Crippen LogP contribution is -2.56. The first kappa shape index (κ1) is 23.0. The molecule has 0 amide bonds. The summed E-state index contributed by atoms with van der Waals surface area (Å²) in [6.07, 6.45) is -0.240. The van der Waals surface area contributed by atoms with Gasteiger partial charge in [0.25, 0.3) is 0 Å². The first-order valence-corrected chi connectivity index (χ1v) is 11.9. The molecule has 9 nitrogen and oxygen atoms in total. The topological polar surface area (TPSA) is 70.4 Å². The van der Waals surface area contributed by atoms with E-state index in [4.69, 9.17) is 19.5 Å². The van der Waals surface area contributed by atoms with Crippen LogP contribution in [0.15, 0.2) is 53.5 Å². The van der Waals surface area contributed by atoms with Gasteiger partial charge in [0.05, 0.1) is 20.3 Å².